The first-order chi connectivity index (χ1) is 12.4. The van der Waals surface area contributed by atoms with Crippen LogP contribution in [0, 0.1) is 12.8 Å². The normalized spacial score (nSPS) is 18.2. The van der Waals surface area contributed by atoms with Crippen molar-refractivity contribution in [2.24, 2.45) is 5.92 Å². The Balaban J connectivity index is 1.74. The van der Waals surface area contributed by atoms with E-state index in [4.69, 9.17) is 9.84 Å². The Labute approximate surface area is 155 Å². The molecule has 0 saturated carbocycles. The maximum absolute atomic E-state index is 13.1. The lowest BCUT2D eigenvalue weighted by molar-refractivity contribution is 0.282. The van der Waals surface area contributed by atoms with Crippen LogP contribution in [0.1, 0.15) is 23.1 Å². The number of hydrogen-bond donors (Lipinski definition) is 1. The van der Waals surface area contributed by atoms with Gasteiger partial charge in [-0.3, -0.25) is 0 Å². The summed E-state index contributed by atoms with van der Waals surface area (Å²) in [7, 11) is -2.07. The summed E-state index contributed by atoms with van der Waals surface area (Å²) in [4.78, 5) is 0.243. The maximum atomic E-state index is 13.1. The Morgan fingerprint density at radius 2 is 1.85 bits per heavy atom. The molecule has 1 aliphatic rings. The highest BCUT2D eigenvalue weighted by Gasteiger charge is 2.34. The molecule has 0 bridgehead atoms. The van der Waals surface area contributed by atoms with Crippen LogP contribution in [-0.4, -0.2) is 38.0 Å². The van der Waals surface area contributed by atoms with Crippen LogP contribution in [0.2, 0.25) is 0 Å². The van der Waals surface area contributed by atoms with Gasteiger partial charge in [0.15, 0.2) is 0 Å². The molecule has 2 aromatic carbocycles. The maximum Gasteiger partial charge on any atom is 0.246 e. The second kappa shape index (κ2) is 7.78. The van der Waals surface area contributed by atoms with E-state index in [1.54, 1.807) is 16.4 Å². The van der Waals surface area contributed by atoms with Crippen molar-refractivity contribution in [2.45, 2.75) is 31.3 Å². The average Bonchev–Trinajstić information content (AvgIpc) is 3.11. The summed E-state index contributed by atoms with van der Waals surface area (Å²) in [5, 5.41) is 9.12. The van der Waals surface area contributed by atoms with Crippen molar-refractivity contribution >= 4 is 10.0 Å². The summed E-state index contributed by atoms with van der Waals surface area (Å²) in [6.45, 7) is 2.95. The summed E-state index contributed by atoms with van der Waals surface area (Å²) < 4.78 is 33.0. The van der Waals surface area contributed by atoms with E-state index in [2.05, 4.69) is 0 Å². The lowest BCUT2D eigenvalue weighted by Crippen LogP contribution is -2.29. The summed E-state index contributed by atoms with van der Waals surface area (Å²) in [5.41, 5.74) is 2.94. The fraction of sp³-hybridized carbons (Fsp3) is 0.400. The molecule has 2 aromatic rings. The molecular weight excluding hydrogens is 350 g/mol. The zero-order valence-corrected chi connectivity index (χ0v) is 16.0. The first kappa shape index (κ1) is 18.9. The van der Waals surface area contributed by atoms with E-state index < -0.39 is 10.0 Å². The number of ether oxygens (including phenoxy) is 1. The topological polar surface area (TPSA) is 66.8 Å². The second-order valence-electron chi connectivity index (χ2n) is 6.85. The predicted molar refractivity (Wildman–Crippen MR) is 101 cm³/mol. The average molecular weight is 375 g/mol. The Morgan fingerprint density at radius 1 is 1.15 bits per heavy atom. The van der Waals surface area contributed by atoms with Crippen LogP contribution in [0.5, 0.6) is 5.75 Å². The molecule has 0 amide bonds. The number of rotatable bonds is 6. The molecule has 1 saturated heterocycles. The van der Waals surface area contributed by atoms with Crippen molar-refractivity contribution in [1.82, 2.24) is 4.31 Å². The van der Waals surface area contributed by atoms with Crippen molar-refractivity contribution in [1.29, 1.82) is 0 Å². The fourth-order valence-electron chi connectivity index (χ4n) is 3.42. The van der Waals surface area contributed by atoms with Gasteiger partial charge < -0.3 is 9.84 Å². The highest BCUT2D eigenvalue weighted by Crippen LogP contribution is 2.32. The molecule has 1 fully saturated rings. The van der Waals surface area contributed by atoms with Gasteiger partial charge in [0.2, 0.25) is 10.0 Å². The monoisotopic (exact) mass is 375 g/mol. The lowest BCUT2D eigenvalue weighted by atomic mass is 9.98. The molecule has 0 spiro atoms. The third-order valence-electron chi connectivity index (χ3n) is 4.92. The van der Waals surface area contributed by atoms with Crippen LogP contribution in [0.25, 0.3) is 0 Å². The number of benzene rings is 2. The van der Waals surface area contributed by atoms with Gasteiger partial charge in [0.1, 0.15) is 10.6 Å². The zero-order chi connectivity index (χ0) is 18.7. The van der Waals surface area contributed by atoms with Crippen LogP contribution in [0.4, 0.5) is 0 Å². The number of methoxy groups -OCH3 is 1. The molecule has 0 aliphatic carbocycles. The van der Waals surface area contributed by atoms with Gasteiger partial charge in [-0.25, -0.2) is 8.42 Å². The summed E-state index contributed by atoms with van der Waals surface area (Å²) in [6, 6.07) is 13.1. The number of aliphatic hydroxyl groups is 1. The van der Waals surface area contributed by atoms with Gasteiger partial charge in [0.25, 0.3) is 0 Å². The molecular formula is C20H25NO4S. The first-order valence-corrected chi connectivity index (χ1v) is 10.2. The van der Waals surface area contributed by atoms with E-state index in [0.717, 1.165) is 24.0 Å². The summed E-state index contributed by atoms with van der Waals surface area (Å²) in [5.74, 6) is 0.680. The van der Waals surface area contributed by atoms with Gasteiger partial charge in [-0.1, -0.05) is 30.3 Å². The molecule has 0 radical (unpaired) electrons. The number of aliphatic hydroxyl groups excluding tert-OH is 1. The first-order valence-electron chi connectivity index (χ1n) is 8.77. The minimum absolute atomic E-state index is 0.0358. The third-order valence-corrected chi connectivity index (χ3v) is 6.80. The van der Waals surface area contributed by atoms with Crippen molar-refractivity contribution < 1.29 is 18.3 Å². The van der Waals surface area contributed by atoms with Crippen LogP contribution in [0.15, 0.2) is 47.4 Å². The molecule has 26 heavy (non-hydrogen) atoms. The molecule has 1 unspecified atom stereocenters. The second-order valence-corrected chi connectivity index (χ2v) is 8.76. The van der Waals surface area contributed by atoms with E-state index in [0.29, 0.717) is 24.8 Å². The van der Waals surface area contributed by atoms with E-state index >= 15 is 0 Å². The van der Waals surface area contributed by atoms with Crippen LogP contribution in [0.3, 0.4) is 0 Å². The number of aryl methyl sites for hydroxylation is 1. The Kier molecular flexibility index (Phi) is 5.65. The molecule has 1 heterocycles. The molecule has 5 nitrogen and oxygen atoms in total. The summed E-state index contributed by atoms with van der Waals surface area (Å²) >= 11 is 0. The Hall–Kier alpha value is -1.89. The molecule has 3 rings (SSSR count). The minimum Gasteiger partial charge on any atom is -0.495 e. The zero-order valence-electron chi connectivity index (χ0n) is 15.2. The van der Waals surface area contributed by atoms with E-state index in [1.165, 1.54) is 12.7 Å². The van der Waals surface area contributed by atoms with Gasteiger partial charge in [0, 0.05) is 13.1 Å². The van der Waals surface area contributed by atoms with E-state index in [9.17, 15) is 8.42 Å². The van der Waals surface area contributed by atoms with Crippen LogP contribution >= 0.6 is 0 Å². The van der Waals surface area contributed by atoms with Gasteiger partial charge >= 0.3 is 0 Å². The Morgan fingerprint density at radius 3 is 2.50 bits per heavy atom. The predicted octanol–water partition coefficient (Wildman–Crippen LogP) is 2.75. The standard InChI is InChI=1S/C20H25NO4S/c1-15-3-8-19(25-2)20(11-15)26(23,24)21-10-9-18(13-21)12-16-4-6-17(14-22)7-5-16/h3-8,11,18,22H,9-10,12-14H2,1-2H3. The quantitative estimate of drug-likeness (QED) is 0.843. The number of hydrogen-bond acceptors (Lipinski definition) is 4. The largest absolute Gasteiger partial charge is 0.495 e. The fourth-order valence-corrected chi connectivity index (χ4v) is 5.19. The van der Waals surface area contributed by atoms with Crippen LogP contribution in [-0.2, 0) is 23.1 Å². The summed E-state index contributed by atoms with van der Waals surface area (Å²) in [6.07, 6.45) is 1.68. The van der Waals surface area contributed by atoms with Crippen molar-refractivity contribution in [3.8, 4) is 5.75 Å². The highest BCUT2D eigenvalue weighted by atomic mass is 32.2. The molecule has 0 aromatic heterocycles. The van der Waals surface area contributed by atoms with Crippen LogP contribution < -0.4 is 4.74 Å². The molecule has 140 valence electrons. The van der Waals surface area contributed by atoms with E-state index in [1.807, 2.05) is 37.3 Å². The third kappa shape index (κ3) is 3.92. The van der Waals surface area contributed by atoms with Gasteiger partial charge in [0.05, 0.1) is 13.7 Å². The van der Waals surface area contributed by atoms with Gasteiger partial charge in [-0.05, 0) is 54.5 Å². The van der Waals surface area contributed by atoms with E-state index in [-0.39, 0.29) is 11.5 Å². The smallest absolute Gasteiger partial charge is 0.246 e. The Bertz CT molecular complexity index is 862. The lowest BCUT2D eigenvalue weighted by Gasteiger charge is -2.19. The van der Waals surface area contributed by atoms with Gasteiger partial charge in [-0.2, -0.15) is 4.31 Å². The molecule has 6 heteroatoms. The number of nitrogens with zero attached hydrogens (tertiary/aromatic N) is 1. The number of sulfonamides is 1. The highest BCUT2D eigenvalue weighted by molar-refractivity contribution is 7.89. The molecule has 1 atom stereocenters. The molecule has 1 N–H and O–H groups in total. The molecule has 1 aliphatic heterocycles. The van der Waals surface area contributed by atoms with Crippen molar-refractivity contribution in [3.05, 3.63) is 59.2 Å². The van der Waals surface area contributed by atoms with Crippen molar-refractivity contribution in [3.63, 3.8) is 0 Å². The minimum atomic E-state index is -3.56. The van der Waals surface area contributed by atoms with Crippen molar-refractivity contribution in [2.75, 3.05) is 20.2 Å². The SMILES string of the molecule is COc1ccc(C)cc1S(=O)(=O)N1CCC(Cc2ccc(CO)cc2)C1. The van der Waals surface area contributed by atoms with Gasteiger partial charge in [-0.15, -0.1) is 0 Å².